The van der Waals surface area contributed by atoms with Crippen LogP contribution in [0, 0.1) is 27.7 Å². The second-order valence-corrected chi connectivity index (χ2v) is 8.46. The minimum Gasteiger partial charge on any atom is -0.494 e. The second kappa shape index (κ2) is 12.5. The Kier molecular flexibility index (Phi) is 11.2. The molecule has 29 heavy (non-hydrogen) atoms. The summed E-state index contributed by atoms with van der Waals surface area (Å²) in [5.41, 5.74) is 5.22. The number of aryl methyl sites for hydroxylation is 2. The second-order valence-electron chi connectivity index (χ2n) is 6.69. The SMILES string of the molecule is CCOCCOP(C(=O)c1c(C)cc(C)c(C)c1C)c1ccc(OCC)cc1.[Li]. The summed E-state index contributed by atoms with van der Waals surface area (Å²) in [5, 5.41) is 0.886. The van der Waals surface area contributed by atoms with E-state index in [0.29, 0.717) is 26.4 Å². The van der Waals surface area contributed by atoms with Gasteiger partial charge in [0.25, 0.3) is 0 Å². The smallest absolute Gasteiger partial charge is 0.216 e. The maximum absolute atomic E-state index is 13.6. The van der Waals surface area contributed by atoms with Crippen LogP contribution in [0.4, 0.5) is 0 Å². The maximum atomic E-state index is 13.6. The molecule has 1 radical (unpaired) electrons. The van der Waals surface area contributed by atoms with E-state index >= 15 is 0 Å². The molecule has 0 heterocycles. The monoisotopic (exact) mass is 409 g/mol. The van der Waals surface area contributed by atoms with Crippen molar-refractivity contribution in [3.63, 3.8) is 0 Å². The summed E-state index contributed by atoms with van der Waals surface area (Å²) in [6, 6.07) is 9.74. The first kappa shape index (κ1) is 25.9. The van der Waals surface area contributed by atoms with E-state index in [0.717, 1.165) is 33.3 Å². The molecule has 1 atom stereocenters. The minimum absolute atomic E-state index is 0. The molecule has 0 spiro atoms. The van der Waals surface area contributed by atoms with Gasteiger partial charge in [-0.25, -0.2) is 0 Å². The molecule has 1 unspecified atom stereocenters. The number of carbonyl (C=O) groups excluding carboxylic acids is 1. The van der Waals surface area contributed by atoms with Crippen LogP contribution < -0.4 is 10.0 Å². The van der Waals surface area contributed by atoms with Gasteiger partial charge < -0.3 is 14.0 Å². The average Bonchev–Trinajstić information content (AvgIpc) is 2.67. The summed E-state index contributed by atoms with van der Waals surface area (Å²) in [7, 11) is -1.46. The van der Waals surface area contributed by atoms with E-state index in [9.17, 15) is 4.79 Å². The quantitative estimate of drug-likeness (QED) is 0.320. The van der Waals surface area contributed by atoms with E-state index < -0.39 is 8.15 Å². The largest absolute Gasteiger partial charge is 0.494 e. The molecule has 0 amide bonds. The Hall–Kier alpha value is -1.14. The maximum Gasteiger partial charge on any atom is 0.216 e. The molecule has 2 rings (SSSR count). The topological polar surface area (TPSA) is 44.8 Å². The summed E-state index contributed by atoms with van der Waals surface area (Å²) in [6.45, 7) is 14.2. The van der Waals surface area contributed by atoms with Crippen LogP contribution in [0.3, 0.4) is 0 Å². The molecule has 0 aliphatic heterocycles. The molecule has 0 saturated carbocycles. The third kappa shape index (κ3) is 6.68. The van der Waals surface area contributed by atoms with Gasteiger partial charge in [-0.2, -0.15) is 0 Å². The molecular formula is C23H31LiO4P. The Balaban J connectivity index is 0.00000420. The van der Waals surface area contributed by atoms with Gasteiger partial charge in [-0.3, -0.25) is 4.79 Å². The van der Waals surface area contributed by atoms with Gasteiger partial charge in [-0.1, -0.05) is 6.07 Å². The van der Waals surface area contributed by atoms with E-state index in [1.54, 1.807) is 0 Å². The minimum atomic E-state index is -1.46. The molecule has 0 aliphatic rings. The predicted octanol–water partition coefficient (Wildman–Crippen LogP) is 4.85. The zero-order valence-electron chi connectivity index (χ0n) is 18.8. The van der Waals surface area contributed by atoms with E-state index in [2.05, 4.69) is 19.9 Å². The van der Waals surface area contributed by atoms with E-state index in [-0.39, 0.29) is 24.4 Å². The van der Waals surface area contributed by atoms with Gasteiger partial charge in [0, 0.05) is 36.3 Å². The molecule has 2 aromatic carbocycles. The first-order chi connectivity index (χ1) is 13.4. The molecule has 0 bridgehead atoms. The van der Waals surface area contributed by atoms with E-state index in [1.165, 1.54) is 5.56 Å². The predicted molar refractivity (Wildman–Crippen MR) is 122 cm³/mol. The van der Waals surface area contributed by atoms with Crippen LogP contribution in [0.15, 0.2) is 30.3 Å². The molecule has 0 fully saturated rings. The first-order valence-electron chi connectivity index (χ1n) is 9.76. The standard InChI is InChI=1S/C23H31O4P.Li/c1-7-25-13-14-27-28(21-11-9-20(10-12-21)26-8-2)23(24)22-17(4)15-16(3)18(5)19(22)6;/h9-12,15H,7-8,13-14H2,1-6H3;. The molecule has 0 aromatic heterocycles. The van der Waals surface area contributed by atoms with Crippen molar-refractivity contribution in [2.75, 3.05) is 26.4 Å². The van der Waals surface area contributed by atoms with Crippen LogP contribution in [0.5, 0.6) is 5.75 Å². The molecule has 153 valence electrons. The van der Waals surface area contributed by atoms with E-state index in [4.69, 9.17) is 14.0 Å². The van der Waals surface area contributed by atoms with Gasteiger partial charge in [-0.05, 0) is 88.1 Å². The van der Waals surface area contributed by atoms with Crippen molar-refractivity contribution in [2.45, 2.75) is 41.5 Å². The van der Waals surface area contributed by atoms with Crippen LogP contribution in [-0.4, -0.2) is 50.8 Å². The third-order valence-corrected chi connectivity index (χ3v) is 6.59. The van der Waals surface area contributed by atoms with Crippen LogP contribution in [0.25, 0.3) is 0 Å². The van der Waals surface area contributed by atoms with Crippen LogP contribution in [0.2, 0.25) is 0 Å². The number of rotatable bonds is 10. The van der Waals surface area contributed by atoms with Crippen LogP contribution >= 0.6 is 8.15 Å². The van der Waals surface area contributed by atoms with Crippen molar-refractivity contribution in [2.24, 2.45) is 0 Å². The summed E-state index contributed by atoms with van der Waals surface area (Å²) in [6.07, 6.45) is 0. The average molecular weight is 409 g/mol. The molecule has 6 heteroatoms. The Labute approximate surface area is 188 Å². The Morgan fingerprint density at radius 2 is 1.55 bits per heavy atom. The van der Waals surface area contributed by atoms with Crippen molar-refractivity contribution in [1.29, 1.82) is 0 Å². The molecule has 2 aromatic rings. The number of benzene rings is 2. The van der Waals surface area contributed by atoms with Gasteiger partial charge in [0.15, 0.2) is 0 Å². The summed E-state index contributed by atoms with van der Waals surface area (Å²) < 4.78 is 17.0. The van der Waals surface area contributed by atoms with Crippen LogP contribution in [-0.2, 0) is 9.26 Å². The summed E-state index contributed by atoms with van der Waals surface area (Å²) >= 11 is 0. The van der Waals surface area contributed by atoms with Crippen molar-refractivity contribution in [1.82, 2.24) is 0 Å². The zero-order valence-corrected chi connectivity index (χ0v) is 19.7. The van der Waals surface area contributed by atoms with Crippen molar-refractivity contribution in [3.8, 4) is 5.75 Å². The number of hydrogen-bond donors (Lipinski definition) is 0. The fourth-order valence-corrected chi connectivity index (χ4v) is 4.87. The number of ether oxygens (including phenoxy) is 2. The summed E-state index contributed by atoms with van der Waals surface area (Å²) in [5.74, 6) is 0.793. The zero-order chi connectivity index (χ0) is 20.7. The fraction of sp³-hybridized carbons (Fsp3) is 0.435. The normalized spacial score (nSPS) is 11.7. The summed E-state index contributed by atoms with van der Waals surface area (Å²) in [4.78, 5) is 13.6. The van der Waals surface area contributed by atoms with Gasteiger partial charge in [0.1, 0.15) is 13.9 Å². The molecule has 0 aliphatic carbocycles. The van der Waals surface area contributed by atoms with Gasteiger partial charge in [-0.15, -0.1) is 0 Å². The fourth-order valence-electron chi connectivity index (χ4n) is 3.14. The van der Waals surface area contributed by atoms with Crippen molar-refractivity contribution >= 4 is 37.8 Å². The van der Waals surface area contributed by atoms with Gasteiger partial charge in [0.2, 0.25) is 5.52 Å². The van der Waals surface area contributed by atoms with Crippen molar-refractivity contribution in [3.05, 3.63) is 58.1 Å². The third-order valence-electron chi connectivity index (χ3n) is 4.79. The van der Waals surface area contributed by atoms with Crippen molar-refractivity contribution < 1.29 is 18.8 Å². The Bertz CT molecular complexity index is 806. The Morgan fingerprint density at radius 3 is 2.14 bits per heavy atom. The molecule has 0 saturated heterocycles. The Morgan fingerprint density at radius 1 is 0.897 bits per heavy atom. The molecule has 0 N–H and O–H groups in total. The van der Waals surface area contributed by atoms with Crippen LogP contribution in [0.1, 0.15) is 46.5 Å². The first-order valence-corrected chi connectivity index (χ1v) is 11.0. The number of carbonyl (C=O) groups is 1. The molecular weight excluding hydrogens is 378 g/mol. The van der Waals surface area contributed by atoms with Gasteiger partial charge in [0.05, 0.1) is 19.8 Å². The van der Waals surface area contributed by atoms with E-state index in [1.807, 2.05) is 52.0 Å². The molecule has 4 nitrogen and oxygen atoms in total. The van der Waals surface area contributed by atoms with Gasteiger partial charge >= 0.3 is 0 Å². The number of hydrogen-bond acceptors (Lipinski definition) is 4.